The lowest BCUT2D eigenvalue weighted by Crippen LogP contribution is -2.48. The van der Waals surface area contributed by atoms with Crippen molar-refractivity contribution >= 4 is 5.91 Å². The average molecular weight is 305 g/mol. The summed E-state index contributed by atoms with van der Waals surface area (Å²) in [6, 6.07) is 6.45. The van der Waals surface area contributed by atoms with Gasteiger partial charge in [0.2, 0.25) is 5.91 Å². The normalized spacial score (nSPS) is 25.3. The van der Waals surface area contributed by atoms with Crippen LogP contribution < -0.4 is 0 Å². The highest BCUT2D eigenvalue weighted by Gasteiger charge is 2.40. The van der Waals surface area contributed by atoms with Crippen LogP contribution in [0.2, 0.25) is 0 Å². The molecule has 1 atom stereocenters. The van der Waals surface area contributed by atoms with E-state index < -0.39 is 0 Å². The van der Waals surface area contributed by atoms with E-state index in [1.807, 2.05) is 4.90 Å². The van der Waals surface area contributed by atoms with Crippen molar-refractivity contribution in [1.82, 2.24) is 4.90 Å². The molecule has 3 nitrogen and oxygen atoms in total. The Labute approximate surface area is 131 Å². The Morgan fingerprint density at radius 2 is 2.14 bits per heavy atom. The summed E-state index contributed by atoms with van der Waals surface area (Å²) in [6.07, 6.45) is 5.56. The maximum absolute atomic E-state index is 13.7. The van der Waals surface area contributed by atoms with Gasteiger partial charge in [0.1, 0.15) is 5.82 Å². The first-order valence-corrected chi connectivity index (χ1v) is 8.24. The van der Waals surface area contributed by atoms with Crippen molar-refractivity contribution in [2.24, 2.45) is 11.3 Å². The third kappa shape index (κ3) is 3.49. The highest BCUT2D eigenvalue weighted by molar-refractivity contribution is 5.79. The number of aliphatic hydroxyl groups is 1. The molecule has 1 saturated heterocycles. The van der Waals surface area contributed by atoms with Gasteiger partial charge in [-0.1, -0.05) is 31.0 Å². The van der Waals surface area contributed by atoms with E-state index in [0.717, 1.165) is 31.7 Å². The highest BCUT2D eigenvalue weighted by Crippen LogP contribution is 2.44. The van der Waals surface area contributed by atoms with Crippen LogP contribution in [-0.4, -0.2) is 35.6 Å². The smallest absolute Gasteiger partial charge is 0.227 e. The molecular formula is C18H24FNO2. The molecule has 0 bridgehead atoms. The van der Waals surface area contributed by atoms with Gasteiger partial charge in [0.05, 0.1) is 13.0 Å². The van der Waals surface area contributed by atoms with Crippen LogP contribution in [0.25, 0.3) is 0 Å². The maximum atomic E-state index is 13.7. The van der Waals surface area contributed by atoms with Crippen LogP contribution >= 0.6 is 0 Å². The van der Waals surface area contributed by atoms with Gasteiger partial charge in [-0.05, 0) is 36.8 Å². The first kappa shape index (κ1) is 15.5. The summed E-state index contributed by atoms with van der Waals surface area (Å²) in [7, 11) is 0. The summed E-state index contributed by atoms with van der Waals surface area (Å²) < 4.78 is 13.7. The van der Waals surface area contributed by atoms with Crippen molar-refractivity contribution in [3.8, 4) is 0 Å². The van der Waals surface area contributed by atoms with Crippen LogP contribution in [0.4, 0.5) is 4.39 Å². The van der Waals surface area contributed by atoms with Crippen LogP contribution in [0.3, 0.4) is 0 Å². The molecular weight excluding hydrogens is 281 g/mol. The molecule has 1 N–H and O–H groups in total. The number of carbonyl (C=O) groups excluding carboxylic acids is 1. The summed E-state index contributed by atoms with van der Waals surface area (Å²) in [6.45, 7) is 1.49. The van der Waals surface area contributed by atoms with Crippen molar-refractivity contribution in [3.05, 3.63) is 35.6 Å². The van der Waals surface area contributed by atoms with Crippen LogP contribution in [0, 0.1) is 17.2 Å². The van der Waals surface area contributed by atoms with E-state index in [-0.39, 0.29) is 30.2 Å². The van der Waals surface area contributed by atoms with Gasteiger partial charge in [-0.2, -0.15) is 0 Å². The summed E-state index contributed by atoms with van der Waals surface area (Å²) in [5.74, 6) is 0.381. The molecule has 1 aliphatic heterocycles. The number of piperidine rings is 1. The molecule has 2 aliphatic rings. The second kappa shape index (κ2) is 6.37. The third-order valence-corrected chi connectivity index (χ3v) is 5.07. The lowest BCUT2D eigenvalue weighted by Gasteiger charge is -2.42. The van der Waals surface area contributed by atoms with Gasteiger partial charge >= 0.3 is 0 Å². The highest BCUT2D eigenvalue weighted by atomic mass is 19.1. The third-order valence-electron chi connectivity index (χ3n) is 5.07. The lowest BCUT2D eigenvalue weighted by atomic mass is 9.76. The van der Waals surface area contributed by atoms with Crippen molar-refractivity contribution in [1.29, 1.82) is 0 Å². The molecule has 1 aromatic rings. The second-order valence-electron chi connectivity index (χ2n) is 6.99. The van der Waals surface area contributed by atoms with Gasteiger partial charge in [0.15, 0.2) is 0 Å². The van der Waals surface area contributed by atoms with Crippen LogP contribution in [0.1, 0.15) is 37.7 Å². The number of carbonyl (C=O) groups is 1. The molecule has 22 heavy (non-hydrogen) atoms. The topological polar surface area (TPSA) is 40.5 Å². The van der Waals surface area contributed by atoms with Crippen LogP contribution in [-0.2, 0) is 11.2 Å². The Balaban J connectivity index is 1.65. The van der Waals surface area contributed by atoms with Gasteiger partial charge in [-0.25, -0.2) is 4.39 Å². The van der Waals surface area contributed by atoms with Crippen molar-refractivity contribution in [3.63, 3.8) is 0 Å². The minimum atomic E-state index is -0.320. The van der Waals surface area contributed by atoms with Crippen molar-refractivity contribution in [2.75, 3.05) is 19.7 Å². The van der Waals surface area contributed by atoms with E-state index in [1.54, 1.807) is 18.2 Å². The Hall–Kier alpha value is -1.42. The number of nitrogens with zero attached hydrogens (tertiary/aromatic N) is 1. The van der Waals surface area contributed by atoms with Gasteiger partial charge < -0.3 is 10.0 Å². The van der Waals surface area contributed by atoms with Crippen LogP contribution in [0.5, 0.6) is 0 Å². The quantitative estimate of drug-likeness (QED) is 0.909. The summed E-state index contributed by atoms with van der Waals surface area (Å²) >= 11 is 0. The molecule has 0 radical (unpaired) electrons. The predicted octanol–water partition coefficient (Wildman–Crippen LogP) is 2.77. The minimum Gasteiger partial charge on any atom is -0.396 e. The molecule has 1 amide bonds. The fraction of sp³-hybridized carbons (Fsp3) is 0.611. The maximum Gasteiger partial charge on any atom is 0.227 e. The molecule has 3 rings (SSSR count). The SMILES string of the molecule is O=C(Cc1ccccc1F)N1CCCC(CO)(CC2CC2)C1. The molecule has 1 heterocycles. The predicted molar refractivity (Wildman–Crippen MR) is 82.8 cm³/mol. The van der Waals surface area contributed by atoms with E-state index in [0.29, 0.717) is 12.1 Å². The second-order valence-corrected chi connectivity index (χ2v) is 6.99. The van der Waals surface area contributed by atoms with Crippen molar-refractivity contribution in [2.45, 2.75) is 38.5 Å². The van der Waals surface area contributed by atoms with Gasteiger partial charge in [0.25, 0.3) is 0 Å². The fourth-order valence-electron chi connectivity index (χ4n) is 3.63. The number of likely N-dealkylation sites (tertiary alicyclic amines) is 1. The molecule has 0 spiro atoms. The van der Waals surface area contributed by atoms with Crippen LogP contribution in [0.15, 0.2) is 24.3 Å². The van der Waals surface area contributed by atoms with Gasteiger partial charge in [-0.3, -0.25) is 4.79 Å². The molecule has 1 aromatic carbocycles. The van der Waals surface area contributed by atoms with Gasteiger partial charge in [-0.15, -0.1) is 0 Å². The summed E-state index contributed by atoms with van der Waals surface area (Å²) in [4.78, 5) is 14.3. The first-order valence-electron chi connectivity index (χ1n) is 8.24. The number of rotatable bonds is 5. The zero-order chi connectivity index (χ0) is 15.6. The fourth-order valence-corrected chi connectivity index (χ4v) is 3.63. The van der Waals surface area contributed by atoms with Gasteiger partial charge in [0, 0.05) is 18.5 Å². The Morgan fingerprint density at radius 1 is 1.36 bits per heavy atom. The monoisotopic (exact) mass is 305 g/mol. The average Bonchev–Trinajstić information content (AvgIpc) is 3.33. The number of hydrogen-bond donors (Lipinski definition) is 1. The zero-order valence-corrected chi connectivity index (χ0v) is 12.9. The standard InChI is InChI=1S/C18H24FNO2/c19-16-5-2-1-4-15(16)10-17(22)20-9-3-8-18(12-20,13-21)11-14-6-7-14/h1-2,4-5,14,21H,3,6-13H2. The Bertz CT molecular complexity index is 544. The minimum absolute atomic E-state index is 0.0292. The summed E-state index contributed by atoms with van der Waals surface area (Å²) in [5, 5.41) is 9.85. The number of hydrogen-bond acceptors (Lipinski definition) is 2. The molecule has 4 heteroatoms. The zero-order valence-electron chi connectivity index (χ0n) is 12.9. The number of benzene rings is 1. The number of halogens is 1. The molecule has 2 fully saturated rings. The molecule has 1 aliphatic carbocycles. The van der Waals surface area contributed by atoms with E-state index in [4.69, 9.17) is 0 Å². The van der Waals surface area contributed by atoms with E-state index in [2.05, 4.69) is 0 Å². The van der Waals surface area contributed by atoms with E-state index in [1.165, 1.54) is 18.9 Å². The molecule has 120 valence electrons. The number of amides is 1. The molecule has 1 saturated carbocycles. The number of aliphatic hydroxyl groups excluding tert-OH is 1. The first-order chi connectivity index (χ1) is 10.6. The largest absolute Gasteiger partial charge is 0.396 e. The Kier molecular flexibility index (Phi) is 4.48. The Morgan fingerprint density at radius 3 is 2.82 bits per heavy atom. The van der Waals surface area contributed by atoms with Crippen molar-refractivity contribution < 1.29 is 14.3 Å². The lowest BCUT2D eigenvalue weighted by molar-refractivity contribution is -0.135. The molecule has 0 aromatic heterocycles. The van der Waals surface area contributed by atoms with E-state index in [9.17, 15) is 14.3 Å². The summed E-state index contributed by atoms with van der Waals surface area (Å²) in [5.41, 5.74) is 0.319. The molecule has 1 unspecified atom stereocenters. The van der Waals surface area contributed by atoms with E-state index >= 15 is 0 Å².